The van der Waals surface area contributed by atoms with E-state index in [0.29, 0.717) is 22.8 Å². The Hall–Kier alpha value is -4.15. The Morgan fingerprint density at radius 1 is 0.947 bits per heavy atom. The molecule has 3 N–H and O–H groups in total. The van der Waals surface area contributed by atoms with Crippen LogP contribution in [0.3, 0.4) is 0 Å². The third-order valence-electron chi connectivity index (χ3n) is 5.07. The van der Waals surface area contributed by atoms with Crippen molar-refractivity contribution in [3.05, 3.63) is 112 Å². The smallest absolute Gasteiger partial charge is 0.272 e. The highest BCUT2D eigenvalue weighted by Gasteiger charge is 2.15. The molecule has 3 amide bonds. The van der Waals surface area contributed by atoms with Gasteiger partial charge in [0.25, 0.3) is 11.8 Å². The third kappa shape index (κ3) is 7.92. The van der Waals surface area contributed by atoms with Gasteiger partial charge < -0.3 is 20.5 Å². The number of hydrogen-bond acceptors (Lipinski definition) is 6. The summed E-state index contributed by atoms with van der Waals surface area (Å²) in [5, 5.41) is 11.9. The van der Waals surface area contributed by atoms with Gasteiger partial charge in [0.2, 0.25) is 5.91 Å². The summed E-state index contributed by atoms with van der Waals surface area (Å²) in [7, 11) is 0. The minimum Gasteiger partial charge on any atom is -0.360 e. The molecule has 0 bridgehead atoms. The molecule has 8 nitrogen and oxygen atoms in total. The maximum absolute atomic E-state index is 13.2. The minimum absolute atomic E-state index is 0.0927. The van der Waals surface area contributed by atoms with E-state index in [1.165, 1.54) is 11.8 Å². The number of rotatable bonds is 9. The van der Waals surface area contributed by atoms with Crippen molar-refractivity contribution in [1.29, 1.82) is 0 Å². The average molecular weight is 591 g/mol. The highest BCUT2D eigenvalue weighted by atomic mass is 79.9. The Bertz CT molecular complexity index is 1470. The topological polar surface area (TPSA) is 113 Å². The Morgan fingerprint density at radius 2 is 1.71 bits per heavy atom. The Balaban J connectivity index is 1.41. The van der Waals surface area contributed by atoms with Gasteiger partial charge in [-0.1, -0.05) is 51.4 Å². The third-order valence-corrected chi connectivity index (χ3v) is 6.57. The highest BCUT2D eigenvalue weighted by molar-refractivity contribution is 9.10. The van der Waals surface area contributed by atoms with E-state index >= 15 is 0 Å². The number of carbonyl (C=O) groups excluding carboxylic acids is 3. The van der Waals surface area contributed by atoms with Gasteiger partial charge in [0.15, 0.2) is 5.82 Å². The van der Waals surface area contributed by atoms with Crippen molar-refractivity contribution in [2.45, 2.75) is 11.8 Å². The number of thioether (sulfide) groups is 1. The quantitative estimate of drug-likeness (QED) is 0.165. The van der Waals surface area contributed by atoms with Crippen molar-refractivity contribution in [3.8, 4) is 0 Å². The zero-order valence-electron chi connectivity index (χ0n) is 20.2. The number of amides is 3. The van der Waals surface area contributed by atoms with Crippen LogP contribution in [0, 0.1) is 6.92 Å². The maximum Gasteiger partial charge on any atom is 0.272 e. The van der Waals surface area contributed by atoms with Gasteiger partial charge in [0.1, 0.15) is 11.5 Å². The van der Waals surface area contributed by atoms with Crippen molar-refractivity contribution in [3.63, 3.8) is 0 Å². The summed E-state index contributed by atoms with van der Waals surface area (Å²) in [6.45, 7) is 1.74. The van der Waals surface area contributed by atoms with E-state index in [2.05, 4.69) is 37.0 Å². The molecule has 10 heteroatoms. The van der Waals surface area contributed by atoms with E-state index in [1.54, 1.807) is 67.6 Å². The molecule has 0 saturated carbocycles. The van der Waals surface area contributed by atoms with Crippen LogP contribution in [0.4, 0.5) is 11.5 Å². The number of halogens is 1. The summed E-state index contributed by atoms with van der Waals surface area (Å²) in [5.74, 6) is 0.0850. The fourth-order valence-electron chi connectivity index (χ4n) is 3.29. The molecule has 192 valence electrons. The molecule has 0 aliphatic carbocycles. The number of aryl methyl sites for hydroxylation is 1. The number of nitrogens with one attached hydrogen (secondary N) is 3. The molecule has 0 fully saturated rings. The lowest BCUT2D eigenvalue weighted by molar-refractivity contribution is -0.114. The van der Waals surface area contributed by atoms with Crippen LogP contribution in [0.1, 0.15) is 21.7 Å². The van der Waals surface area contributed by atoms with Crippen LogP contribution in [0.5, 0.6) is 0 Å². The molecular formula is C28H23BrN4O4S. The second kappa shape index (κ2) is 12.9. The molecule has 4 aromatic rings. The van der Waals surface area contributed by atoms with Gasteiger partial charge in [-0.15, -0.1) is 11.8 Å². The number of aromatic nitrogens is 1. The first kappa shape index (κ1) is 26.9. The fraction of sp³-hybridized carbons (Fsp3) is 0.0714. The predicted molar refractivity (Wildman–Crippen MR) is 152 cm³/mol. The lowest BCUT2D eigenvalue weighted by Gasteiger charge is -2.12. The summed E-state index contributed by atoms with van der Waals surface area (Å²) < 4.78 is 5.78. The number of hydrogen-bond donors (Lipinski definition) is 3. The average Bonchev–Trinajstić information content (AvgIpc) is 3.32. The van der Waals surface area contributed by atoms with Gasteiger partial charge in [0.05, 0.1) is 5.75 Å². The van der Waals surface area contributed by atoms with Crippen LogP contribution in [-0.2, 0) is 9.59 Å². The van der Waals surface area contributed by atoms with E-state index < -0.39 is 11.8 Å². The summed E-state index contributed by atoms with van der Waals surface area (Å²) in [6.07, 6.45) is 1.61. The second-order valence-corrected chi connectivity index (χ2v) is 10.0. The van der Waals surface area contributed by atoms with Crippen molar-refractivity contribution >= 4 is 63.0 Å². The summed E-state index contributed by atoms with van der Waals surface area (Å²) in [6, 6.07) is 24.8. The minimum atomic E-state index is -0.475. The van der Waals surface area contributed by atoms with Crippen LogP contribution in [0.15, 0.2) is 105 Å². The number of anilines is 2. The first-order valence-electron chi connectivity index (χ1n) is 11.5. The molecule has 0 unspecified atom stereocenters. The van der Waals surface area contributed by atoms with Crippen LogP contribution in [0.25, 0.3) is 6.08 Å². The molecular weight excluding hydrogens is 568 g/mol. The molecule has 0 atom stereocenters. The zero-order chi connectivity index (χ0) is 26.9. The molecule has 0 saturated heterocycles. The molecule has 4 rings (SSSR count). The SMILES string of the molecule is Cc1cc(NC(=O)CSc2ccc(NC(=O)/C(=C/c3cccc(Br)c3)NC(=O)c3ccccc3)cc2)no1. The van der Waals surface area contributed by atoms with Gasteiger partial charge in [-0.05, 0) is 67.1 Å². The summed E-state index contributed by atoms with van der Waals surface area (Å²) >= 11 is 4.77. The van der Waals surface area contributed by atoms with E-state index in [-0.39, 0.29) is 17.4 Å². The van der Waals surface area contributed by atoms with Crippen LogP contribution in [-0.4, -0.2) is 28.6 Å². The van der Waals surface area contributed by atoms with Gasteiger partial charge >= 0.3 is 0 Å². The molecule has 3 aromatic carbocycles. The first-order valence-corrected chi connectivity index (χ1v) is 13.2. The summed E-state index contributed by atoms with van der Waals surface area (Å²) in [5.41, 5.74) is 1.80. The van der Waals surface area contributed by atoms with Crippen LogP contribution in [0.2, 0.25) is 0 Å². The second-order valence-electron chi connectivity index (χ2n) is 8.07. The number of nitrogens with zero attached hydrogens (tertiary/aromatic N) is 1. The molecule has 1 heterocycles. The molecule has 0 spiro atoms. The standard InChI is InChI=1S/C28H23BrN4O4S/c1-18-14-25(33-37-18)32-26(34)17-38-23-12-10-22(11-13-23)30-28(36)24(16-19-6-5-9-21(29)15-19)31-27(35)20-7-3-2-4-8-20/h2-16H,17H2,1H3,(H,30,36)(H,31,35)(H,32,33,34)/b24-16-. The fourth-order valence-corrected chi connectivity index (χ4v) is 4.41. The van der Waals surface area contributed by atoms with Crippen LogP contribution < -0.4 is 16.0 Å². The lowest BCUT2D eigenvalue weighted by Crippen LogP contribution is -2.30. The number of benzene rings is 3. The maximum atomic E-state index is 13.2. The monoisotopic (exact) mass is 590 g/mol. The van der Waals surface area contributed by atoms with Crippen molar-refractivity contribution < 1.29 is 18.9 Å². The van der Waals surface area contributed by atoms with Crippen molar-refractivity contribution in [2.24, 2.45) is 0 Å². The normalized spacial score (nSPS) is 11.1. The predicted octanol–water partition coefficient (Wildman–Crippen LogP) is 5.89. The Kier molecular flexibility index (Phi) is 9.12. The lowest BCUT2D eigenvalue weighted by atomic mass is 10.1. The molecule has 1 aromatic heterocycles. The molecule has 38 heavy (non-hydrogen) atoms. The zero-order valence-corrected chi connectivity index (χ0v) is 22.6. The van der Waals surface area contributed by atoms with Gasteiger partial charge in [0, 0.05) is 26.7 Å². The highest BCUT2D eigenvalue weighted by Crippen LogP contribution is 2.21. The Labute approximate surface area is 232 Å². The molecule has 0 aliphatic heterocycles. The molecule has 0 radical (unpaired) electrons. The summed E-state index contributed by atoms with van der Waals surface area (Å²) in [4.78, 5) is 38.9. The van der Waals surface area contributed by atoms with Crippen molar-refractivity contribution in [1.82, 2.24) is 10.5 Å². The largest absolute Gasteiger partial charge is 0.360 e. The molecule has 0 aliphatic rings. The van der Waals surface area contributed by atoms with Gasteiger partial charge in [-0.2, -0.15) is 0 Å². The number of carbonyl (C=O) groups is 3. The van der Waals surface area contributed by atoms with E-state index in [0.717, 1.165) is 14.9 Å². The van der Waals surface area contributed by atoms with E-state index in [4.69, 9.17) is 4.52 Å². The van der Waals surface area contributed by atoms with E-state index in [9.17, 15) is 14.4 Å². The Morgan fingerprint density at radius 3 is 2.39 bits per heavy atom. The first-order chi connectivity index (χ1) is 18.4. The van der Waals surface area contributed by atoms with Gasteiger partial charge in [-0.25, -0.2) is 0 Å². The van der Waals surface area contributed by atoms with Crippen molar-refractivity contribution in [2.75, 3.05) is 16.4 Å². The van der Waals surface area contributed by atoms with Crippen LogP contribution >= 0.6 is 27.7 Å². The van der Waals surface area contributed by atoms with Gasteiger partial charge in [-0.3, -0.25) is 14.4 Å². The van der Waals surface area contributed by atoms with E-state index in [1.807, 2.05) is 30.3 Å².